The number of benzene rings is 1. The van der Waals surface area contributed by atoms with Crippen molar-refractivity contribution in [2.75, 3.05) is 18.0 Å². The maximum Gasteiger partial charge on any atom is 0.129 e. The molecule has 0 amide bonds. The first-order valence-electron chi connectivity index (χ1n) is 5.54. The molecule has 0 bridgehead atoms. The van der Waals surface area contributed by atoms with Gasteiger partial charge >= 0.3 is 0 Å². The molecule has 2 nitrogen and oxygen atoms in total. The summed E-state index contributed by atoms with van der Waals surface area (Å²) < 4.78 is 0. The number of hydrogen-bond acceptors (Lipinski definition) is 2. The monoisotopic (exact) mass is 270 g/mol. The van der Waals surface area contributed by atoms with E-state index in [4.69, 9.17) is 0 Å². The lowest BCUT2D eigenvalue weighted by molar-refractivity contribution is 0.944. The zero-order chi connectivity index (χ0) is 10.1. The normalized spacial score (nSPS) is 14.2. The lowest BCUT2D eigenvalue weighted by Gasteiger charge is -2.16. The van der Waals surface area contributed by atoms with Crippen molar-refractivity contribution in [1.82, 2.24) is 4.98 Å². The third kappa shape index (κ3) is 2.82. The molecule has 0 saturated carbocycles. The quantitative estimate of drug-likeness (QED) is 0.786. The van der Waals surface area contributed by atoms with E-state index < -0.39 is 0 Å². The van der Waals surface area contributed by atoms with E-state index in [-0.39, 0.29) is 24.8 Å². The second kappa shape index (κ2) is 6.08. The van der Waals surface area contributed by atoms with Crippen LogP contribution in [0.5, 0.6) is 0 Å². The van der Waals surface area contributed by atoms with E-state index in [0.717, 1.165) is 24.4 Å². The van der Waals surface area contributed by atoms with Gasteiger partial charge in [-0.3, -0.25) is 0 Å². The van der Waals surface area contributed by atoms with Gasteiger partial charge in [-0.1, -0.05) is 18.2 Å². The predicted octanol–water partition coefficient (Wildman–Crippen LogP) is 3.68. The summed E-state index contributed by atoms with van der Waals surface area (Å²) in [5.41, 5.74) is 1.10. The van der Waals surface area contributed by atoms with Crippen LogP contribution in [0.15, 0.2) is 36.4 Å². The lowest BCUT2D eigenvalue weighted by atomic mass is 10.2. The smallest absolute Gasteiger partial charge is 0.129 e. The second-order valence-electron chi connectivity index (χ2n) is 4.06. The molecule has 0 N–H and O–H groups in total. The van der Waals surface area contributed by atoms with Gasteiger partial charge in [-0.25, -0.2) is 4.98 Å². The van der Waals surface area contributed by atoms with Crippen LogP contribution in [0.3, 0.4) is 0 Å². The molecule has 0 unspecified atom stereocenters. The zero-order valence-corrected chi connectivity index (χ0v) is 11.1. The fourth-order valence-corrected chi connectivity index (χ4v) is 2.18. The molecule has 1 aromatic heterocycles. The molecule has 1 aliphatic heterocycles. The van der Waals surface area contributed by atoms with Crippen molar-refractivity contribution in [2.45, 2.75) is 12.8 Å². The molecule has 4 heteroatoms. The zero-order valence-electron chi connectivity index (χ0n) is 9.50. The van der Waals surface area contributed by atoms with Gasteiger partial charge in [0, 0.05) is 18.5 Å². The number of aromatic nitrogens is 1. The van der Waals surface area contributed by atoms with E-state index in [1.165, 1.54) is 18.2 Å². The minimum absolute atomic E-state index is 0. The summed E-state index contributed by atoms with van der Waals surface area (Å²) in [6.07, 6.45) is 2.60. The summed E-state index contributed by atoms with van der Waals surface area (Å²) >= 11 is 0. The second-order valence-corrected chi connectivity index (χ2v) is 4.06. The fraction of sp³-hybridized carbons (Fsp3) is 0.308. The molecule has 92 valence electrons. The first-order valence-corrected chi connectivity index (χ1v) is 5.54. The molecule has 1 fully saturated rings. The Hall–Kier alpha value is -0.990. The standard InChI is InChI=1S/C13H14N2.2ClH/c1-2-6-12-11(5-1)7-8-13(14-12)15-9-3-4-10-15;;/h1-2,5-8H,3-4,9-10H2;2*1H. The van der Waals surface area contributed by atoms with E-state index in [9.17, 15) is 0 Å². The van der Waals surface area contributed by atoms with Gasteiger partial charge in [-0.05, 0) is 31.0 Å². The molecular formula is C13H16Cl2N2. The topological polar surface area (TPSA) is 16.1 Å². The van der Waals surface area contributed by atoms with Crippen LogP contribution in [-0.4, -0.2) is 18.1 Å². The van der Waals surface area contributed by atoms with Crippen molar-refractivity contribution in [3.63, 3.8) is 0 Å². The van der Waals surface area contributed by atoms with Gasteiger partial charge in [0.25, 0.3) is 0 Å². The highest BCUT2D eigenvalue weighted by atomic mass is 35.5. The van der Waals surface area contributed by atoms with Crippen LogP contribution in [0.1, 0.15) is 12.8 Å². The highest BCUT2D eigenvalue weighted by molar-refractivity contribution is 5.85. The van der Waals surface area contributed by atoms with Crippen LogP contribution < -0.4 is 4.90 Å². The third-order valence-corrected chi connectivity index (χ3v) is 3.01. The molecule has 1 aromatic carbocycles. The highest BCUT2D eigenvalue weighted by Gasteiger charge is 2.13. The van der Waals surface area contributed by atoms with Crippen molar-refractivity contribution in [3.05, 3.63) is 36.4 Å². The molecule has 2 heterocycles. The van der Waals surface area contributed by atoms with E-state index >= 15 is 0 Å². The van der Waals surface area contributed by atoms with Crippen LogP contribution in [0.25, 0.3) is 10.9 Å². The molecular weight excluding hydrogens is 255 g/mol. The number of nitrogens with zero attached hydrogens (tertiary/aromatic N) is 2. The molecule has 1 saturated heterocycles. The Morgan fingerprint density at radius 2 is 1.59 bits per heavy atom. The van der Waals surface area contributed by atoms with Gasteiger partial charge in [-0.15, -0.1) is 24.8 Å². The van der Waals surface area contributed by atoms with Crippen molar-refractivity contribution >= 4 is 41.5 Å². The molecule has 3 rings (SSSR count). The van der Waals surface area contributed by atoms with E-state index in [1.807, 2.05) is 6.07 Å². The van der Waals surface area contributed by atoms with Gasteiger partial charge in [0.05, 0.1) is 5.52 Å². The van der Waals surface area contributed by atoms with Crippen LogP contribution >= 0.6 is 24.8 Å². The molecule has 0 aliphatic carbocycles. The molecule has 0 atom stereocenters. The molecule has 17 heavy (non-hydrogen) atoms. The summed E-state index contributed by atoms with van der Waals surface area (Å²) in [4.78, 5) is 7.05. The minimum atomic E-state index is 0. The average Bonchev–Trinajstić information content (AvgIpc) is 2.82. The van der Waals surface area contributed by atoms with E-state index in [1.54, 1.807) is 0 Å². The number of fused-ring (bicyclic) bond motifs is 1. The van der Waals surface area contributed by atoms with Crippen molar-refractivity contribution in [2.24, 2.45) is 0 Å². The fourth-order valence-electron chi connectivity index (χ4n) is 2.18. The average molecular weight is 271 g/mol. The van der Waals surface area contributed by atoms with Gasteiger partial charge in [0.15, 0.2) is 0 Å². The van der Waals surface area contributed by atoms with Gasteiger partial charge in [0.2, 0.25) is 0 Å². The van der Waals surface area contributed by atoms with Crippen LogP contribution in [-0.2, 0) is 0 Å². The Kier molecular flexibility index (Phi) is 5.03. The predicted molar refractivity (Wildman–Crippen MR) is 77.7 cm³/mol. The summed E-state index contributed by atoms with van der Waals surface area (Å²) in [5, 5.41) is 1.22. The van der Waals surface area contributed by atoms with E-state index in [2.05, 4.69) is 40.2 Å². The van der Waals surface area contributed by atoms with Gasteiger partial charge in [-0.2, -0.15) is 0 Å². The lowest BCUT2D eigenvalue weighted by Crippen LogP contribution is -2.18. The first kappa shape index (κ1) is 14.1. The van der Waals surface area contributed by atoms with Crippen molar-refractivity contribution < 1.29 is 0 Å². The summed E-state index contributed by atoms with van der Waals surface area (Å²) in [5.74, 6) is 1.13. The summed E-state index contributed by atoms with van der Waals surface area (Å²) in [6, 6.07) is 12.6. The number of rotatable bonds is 1. The maximum atomic E-state index is 4.68. The minimum Gasteiger partial charge on any atom is -0.357 e. The van der Waals surface area contributed by atoms with Crippen LogP contribution in [0, 0.1) is 0 Å². The maximum absolute atomic E-state index is 4.68. The van der Waals surface area contributed by atoms with Crippen LogP contribution in [0.4, 0.5) is 5.82 Å². The molecule has 1 aliphatic rings. The van der Waals surface area contributed by atoms with Gasteiger partial charge < -0.3 is 4.90 Å². The number of pyridine rings is 1. The Morgan fingerprint density at radius 1 is 0.882 bits per heavy atom. The number of halogens is 2. The summed E-state index contributed by atoms with van der Waals surface area (Å²) in [6.45, 7) is 2.32. The number of hydrogen-bond donors (Lipinski definition) is 0. The number of para-hydroxylation sites is 1. The Labute approximate surface area is 114 Å². The van der Waals surface area contributed by atoms with E-state index in [0.29, 0.717) is 0 Å². The van der Waals surface area contributed by atoms with Crippen molar-refractivity contribution in [3.8, 4) is 0 Å². The largest absolute Gasteiger partial charge is 0.357 e. The first-order chi connectivity index (χ1) is 7.43. The Balaban J connectivity index is 0.000000722. The third-order valence-electron chi connectivity index (χ3n) is 3.01. The summed E-state index contributed by atoms with van der Waals surface area (Å²) in [7, 11) is 0. The van der Waals surface area contributed by atoms with Gasteiger partial charge in [0.1, 0.15) is 5.82 Å². The van der Waals surface area contributed by atoms with Crippen molar-refractivity contribution in [1.29, 1.82) is 0 Å². The van der Waals surface area contributed by atoms with Crippen LogP contribution in [0.2, 0.25) is 0 Å². The molecule has 2 aromatic rings. The number of anilines is 1. The molecule has 0 spiro atoms. The Morgan fingerprint density at radius 3 is 2.35 bits per heavy atom. The molecule has 0 radical (unpaired) electrons. The Bertz CT molecular complexity index is 482. The highest BCUT2D eigenvalue weighted by Crippen LogP contribution is 2.21. The SMILES string of the molecule is Cl.Cl.c1ccc2nc(N3CCCC3)ccc2c1.